The van der Waals surface area contributed by atoms with E-state index in [0.29, 0.717) is 6.61 Å². The lowest BCUT2D eigenvalue weighted by atomic mass is 9.93. The fraction of sp³-hybridized carbons (Fsp3) is 0.611. The van der Waals surface area contributed by atoms with Crippen molar-refractivity contribution in [2.24, 2.45) is 5.92 Å². The highest BCUT2D eigenvalue weighted by Crippen LogP contribution is 2.27. The second kappa shape index (κ2) is 8.82. The van der Waals surface area contributed by atoms with Crippen LogP contribution in [0.5, 0.6) is 0 Å². The minimum Gasteiger partial charge on any atom is -0.377 e. The van der Waals surface area contributed by atoms with Crippen molar-refractivity contribution in [3.05, 3.63) is 35.0 Å². The minimum atomic E-state index is -3.24. The first-order valence-electron chi connectivity index (χ1n) is 9.00. The molecule has 3 rings (SSSR count). The number of nitrogens with one attached hydrogen (secondary N) is 1. The van der Waals surface area contributed by atoms with Crippen LogP contribution in [0.3, 0.4) is 0 Å². The van der Waals surface area contributed by atoms with Crippen LogP contribution < -0.4 is 9.62 Å². The van der Waals surface area contributed by atoms with Gasteiger partial charge >= 0.3 is 0 Å². The summed E-state index contributed by atoms with van der Waals surface area (Å²) in [6.07, 6.45) is 9.03. The van der Waals surface area contributed by atoms with Gasteiger partial charge in [-0.15, -0.1) is 0 Å². The molecule has 0 saturated carbocycles. The van der Waals surface area contributed by atoms with Gasteiger partial charge in [-0.2, -0.15) is 0 Å². The summed E-state index contributed by atoms with van der Waals surface area (Å²) in [6, 6.07) is 5.76. The second-order valence-electron chi connectivity index (χ2n) is 7.06. The summed E-state index contributed by atoms with van der Waals surface area (Å²) in [7, 11) is -3.24. The first-order chi connectivity index (χ1) is 12.4. The van der Waals surface area contributed by atoms with E-state index in [0.717, 1.165) is 44.6 Å². The molecule has 2 heterocycles. The zero-order valence-corrected chi connectivity index (χ0v) is 17.4. The number of piperidine rings is 1. The molecule has 1 aromatic rings. The van der Waals surface area contributed by atoms with Gasteiger partial charge in [0.25, 0.3) is 0 Å². The lowest BCUT2D eigenvalue weighted by Crippen LogP contribution is -2.52. The third-order valence-electron chi connectivity index (χ3n) is 4.93. The van der Waals surface area contributed by atoms with Gasteiger partial charge in [-0.05, 0) is 42.3 Å². The molecule has 144 valence electrons. The maximum Gasteiger partial charge on any atom is 0.208 e. The van der Waals surface area contributed by atoms with Crippen LogP contribution in [0.15, 0.2) is 35.0 Å². The average molecular weight is 444 g/mol. The third kappa shape index (κ3) is 5.77. The molecule has 0 radical (unpaired) electrons. The molecule has 0 aromatic carbocycles. The number of ether oxygens (including phenoxy) is 1. The third-order valence-corrected chi connectivity index (χ3v) is 6.38. The Morgan fingerprint density at radius 3 is 2.88 bits per heavy atom. The highest BCUT2D eigenvalue weighted by molar-refractivity contribution is 9.11. The summed E-state index contributed by atoms with van der Waals surface area (Å²) < 4.78 is 33.7. The maximum absolute atomic E-state index is 11.7. The van der Waals surface area contributed by atoms with Crippen molar-refractivity contribution in [1.82, 2.24) is 9.71 Å². The highest BCUT2D eigenvalue weighted by atomic mass is 79.9. The predicted molar refractivity (Wildman–Crippen MR) is 107 cm³/mol. The molecule has 6 nitrogen and oxygen atoms in total. The van der Waals surface area contributed by atoms with Crippen molar-refractivity contribution in [3.63, 3.8) is 0 Å². The van der Waals surface area contributed by atoms with Crippen molar-refractivity contribution < 1.29 is 13.2 Å². The fourth-order valence-corrected chi connectivity index (χ4v) is 4.85. The van der Waals surface area contributed by atoms with Gasteiger partial charge in [0.2, 0.25) is 10.0 Å². The molecule has 1 N–H and O–H groups in total. The second-order valence-corrected chi connectivity index (χ2v) is 9.86. The van der Waals surface area contributed by atoms with E-state index in [1.807, 2.05) is 18.2 Å². The van der Waals surface area contributed by atoms with Gasteiger partial charge in [0.15, 0.2) is 0 Å². The van der Waals surface area contributed by atoms with Crippen molar-refractivity contribution >= 4 is 31.8 Å². The summed E-state index contributed by atoms with van der Waals surface area (Å²) in [5.41, 5.74) is 0. The number of pyridine rings is 1. The predicted octanol–water partition coefficient (Wildman–Crippen LogP) is 2.67. The largest absolute Gasteiger partial charge is 0.377 e. The summed E-state index contributed by atoms with van der Waals surface area (Å²) >= 11 is 3.53. The average Bonchev–Trinajstić information content (AvgIpc) is 2.62. The van der Waals surface area contributed by atoms with Gasteiger partial charge in [-0.25, -0.2) is 18.1 Å². The number of hydrogen-bond donors (Lipinski definition) is 1. The molecule has 1 aliphatic heterocycles. The molecule has 8 heteroatoms. The minimum absolute atomic E-state index is 0.0924. The molecule has 2 aliphatic rings. The van der Waals surface area contributed by atoms with E-state index in [4.69, 9.17) is 4.74 Å². The molecule has 0 spiro atoms. The Morgan fingerprint density at radius 1 is 1.38 bits per heavy atom. The Bertz CT molecular complexity index is 726. The smallest absolute Gasteiger partial charge is 0.208 e. The zero-order valence-electron chi connectivity index (χ0n) is 15.0. The molecular formula is C18H26BrN3O3S. The molecule has 2 unspecified atom stereocenters. The first-order valence-corrected chi connectivity index (χ1v) is 11.7. The number of halogens is 1. The van der Waals surface area contributed by atoms with Crippen molar-refractivity contribution in [3.8, 4) is 0 Å². The van der Waals surface area contributed by atoms with Gasteiger partial charge in [-0.1, -0.05) is 28.1 Å². The van der Waals surface area contributed by atoms with Crippen LogP contribution >= 0.6 is 15.9 Å². The fourth-order valence-electron chi connectivity index (χ4n) is 3.57. The Hall–Kier alpha value is -0.960. The first kappa shape index (κ1) is 19.8. The van der Waals surface area contributed by atoms with E-state index in [1.54, 1.807) is 6.20 Å². The monoisotopic (exact) mass is 443 g/mol. The van der Waals surface area contributed by atoms with Crippen molar-refractivity contribution in [2.45, 2.75) is 37.8 Å². The van der Waals surface area contributed by atoms with Crippen molar-refractivity contribution in [2.75, 3.05) is 30.9 Å². The van der Waals surface area contributed by atoms with Gasteiger partial charge in [0.05, 0.1) is 19.0 Å². The maximum atomic E-state index is 11.7. The number of sulfonamides is 1. The van der Waals surface area contributed by atoms with Gasteiger partial charge in [-0.3, -0.25) is 0 Å². The number of nitrogens with zero attached hydrogens (tertiary/aromatic N) is 2. The van der Waals surface area contributed by atoms with Gasteiger partial charge in [0, 0.05) is 31.2 Å². The molecule has 3 atom stereocenters. The number of aromatic nitrogens is 1. The van der Waals surface area contributed by atoms with Gasteiger partial charge in [0.1, 0.15) is 5.82 Å². The number of allylic oxidation sites excluding steroid dienone is 1. The molecular weight excluding hydrogens is 418 g/mol. The lowest BCUT2D eigenvalue weighted by Gasteiger charge is -2.39. The molecule has 1 saturated heterocycles. The summed E-state index contributed by atoms with van der Waals surface area (Å²) in [6.45, 7) is 2.06. The zero-order chi connectivity index (χ0) is 18.6. The van der Waals surface area contributed by atoms with E-state index in [1.165, 1.54) is 10.7 Å². The van der Waals surface area contributed by atoms with E-state index >= 15 is 0 Å². The van der Waals surface area contributed by atoms with Crippen LogP contribution in [-0.4, -0.2) is 51.5 Å². The van der Waals surface area contributed by atoms with Crippen LogP contribution in [0.25, 0.3) is 0 Å². The summed E-state index contributed by atoms with van der Waals surface area (Å²) in [5.74, 6) is 1.02. The van der Waals surface area contributed by atoms with Gasteiger partial charge < -0.3 is 9.64 Å². The molecule has 0 amide bonds. The molecule has 1 fully saturated rings. The number of hydrogen-bond acceptors (Lipinski definition) is 5. The van der Waals surface area contributed by atoms with Crippen LogP contribution in [-0.2, 0) is 14.8 Å². The Balaban J connectivity index is 1.65. The van der Waals surface area contributed by atoms with Crippen LogP contribution in [0.4, 0.5) is 5.82 Å². The normalized spacial score (nSPS) is 27.2. The lowest BCUT2D eigenvalue weighted by molar-refractivity contribution is 0.0156. The Labute approximate surface area is 164 Å². The van der Waals surface area contributed by atoms with E-state index in [-0.39, 0.29) is 18.1 Å². The van der Waals surface area contributed by atoms with Crippen molar-refractivity contribution in [1.29, 1.82) is 0 Å². The summed E-state index contributed by atoms with van der Waals surface area (Å²) in [4.78, 5) is 6.64. The van der Waals surface area contributed by atoms with Crippen LogP contribution in [0.2, 0.25) is 0 Å². The van der Waals surface area contributed by atoms with E-state index in [9.17, 15) is 8.42 Å². The van der Waals surface area contributed by atoms with Crippen LogP contribution in [0.1, 0.15) is 25.7 Å². The quantitative estimate of drug-likeness (QED) is 0.731. The highest BCUT2D eigenvalue weighted by Gasteiger charge is 2.32. The van der Waals surface area contributed by atoms with E-state index < -0.39 is 10.0 Å². The molecule has 1 aliphatic carbocycles. The SMILES string of the molecule is CS(=O)(=O)N[C@H]1CCN(c2ccccn2)CC1COC1CC=C(Br)CC1. The van der Waals surface area contributed by atoms with E-state index in [2.05, 4.69) is 36.6 Å². The molecule has 26 heavy (non-hydrogen) atoms. The number of rotatable bonds is 6. The standard InChI is InChI=1S/C18H26BrN3O3S/c1-26(23,24)21-17-9-11-22(18-4-2-3-10-20-18)12-14(17)13-25-16-7-5-15(19)6-8-16/h2-5,10,14,16-17,21H,6-9,11-13H2,1H3/t14?,16?,17-/m0/s1. The van der Waals surface area contributed by atoms with Crippen LogP contribution in [0, 0.1) is 5.92 Å². The topological polar surface area (TPSA) is 71.5 Å². The summed E-state index contributed by atoms with van der Waals surface area (Å²) in [5, 5.41) is 0. The molecule has 1 aromatic heterocycles. The Morgan fingerprint density at radius 2 is 2.23 bits per heavy atom. The number of anilines is 1. The molecule has 0 bridgehead atoms. The Kier molecular flexibility index (Phi) is 6.71.